The van der Waals surface area contributed by atoms with Crippen molar-refractivity contribution in [2.24, 2.45) is 0 Å². The van der Waals surface area contributed by atoms with Crippen LogP contribution in [0.3, 0.4) is 0 Å². The molecule has 0 aliphatic carbocycles. The van der Waals surface area contributed by atoms with E-state index in [0.29, 0.717) is 0 Å². The Morgan fingerprint density at radius 1 is 0.828 bits per heavy atom. The molecule has 0 aromatic heterocycles. The van der Waals surface area contributed by atoms with E-state index in [0.717, 1.165) is 0 Å². The molecule has 2 saturated heterocycles. The second-order valence-corrected chi connectivity index (χ2v) is 7.33. The van der Waals surface area contributed by atoms with Crippen molar-refractivity contribution in [2.45, 2.75) is 61.4 Å². The molecule has 7 N–H and O–H groups in total. The summed E-state index contributed by atoms with van der Waals surface area (Å²) in [6.45, 7) is -1.94. The van der Waals surface area contributed by atoms with Crippen LogP contribution in [0.2, 0.25) is 0 Å². The standard InChI is InChI=1S/C12H21O14P.2K/c13-1-3-5(14)7(16)9(18)11(24-3)26-12-10(19)8(17)6(15)4(25-12)2-23-27(20,21)22;;/h3-12,14,16-19H,1-2H2,(H2,20,21,22);;/q-2;;. The summed E-state index contributed by atoms with van der Waals surface area (Å²) in [5, 5.41) is 71.8. The molecule has 0 amide bonds. The Morgan fingerprint density at radius 3 is 1.79 bits per heavy atom. The summed E-state index contributed by atoms with van der Waals surface area (Å²) in [6.07, 6.45) is -18.1. The monoisotopic (exact) mass is 498 g/mol. The van der Waals surface area contributed by atoms with E-state index in [4.69, 9.17) is 24.0 Å². The van der Waals surface area contributed by atoms with Gasteiger partial charge in [0.1, 0.15) is 24.4 Å². The maximum Gasteiger partial charge on any atom is 0.469 e. The molecule has 2 fully saturated rings. The molecular weight excluding hydrogens is 477 g/mol. The molecule has 29 heavy (non-hydrogen) atoms. The van der Waals surface area contributed by atoms with Crippen LogP contribution in [0.5, 0.6) is 0 Å². The Kier molecular flexibility index (Phi) is 15.2. The van der Waals surface area contributed by atoms with Gasteiger partial charge in [0, 0.05) is 103 Å². The number of phosphoric acid groups is 1. The minimum absolute atomic E-state index is 0. The molecule has 0 spiro atoms. The Labute approximate surface area is 250 Å². The fraction of sp³-hybridized carbons (Fsp3) is 1.00. The van der Waals surface area contributed by atoms with E-state index in [-0.39, 0.29) is 103 Å². The average Bonchev–Trinajstić information content (AvgIpc) is 2.60. The summed E-state index contributed by atoms with van der Waals surface area (Å²) in [5.74, 6) is 0. The molecule has 0 bridgehead atoms. The number of aliphatic hydroxyl groups is 5. The molecular formula is C12H21K2O14P-2. The third kappa shape index (κ3) is 8.61. The van der Waals surface area contributed by atoms with Crippen LogP contribution in [-0.2, 0) is 23.3 Å². The first-order valence-corrected chi connectivity index (χ1v) is 9.30. The number of hydrogen-bond acceptors (Lipinski definition) is 12. The van der Waals surface area contributed by atoms with E-state index in [9.17, 15) is 40.3 Å². The van der Waals surface area contributed by atoms with Gasteiger partial charge in [-0.1, -0.05) is 6.10 Å². The number of phosphoric ester groups is 1. The van der Waals surface area contributed by atoms with Gasteiger partial charge in [-0.3, -0.25) is 4.52 Å². The first-order chi connectivity index (χ1) is 12.5. The third-order valence-electron chi connectivity index (χ3n) is 4.15. The summed E-state index contributed by atoms with van der Waals surface area (Å²) in [7, 11) is -4.95. The van der Waals surface area contributed by atoms with Crippen LogP contribution in [0, 0.1) is 0 Å². The Hall–Kier alpha value is 2.98. The maximum absolute atomic E-state index is 11.9. The van der Waals surface area contributed by atoms with E-state index in [1.165, 1.54) is 0 Å². The Morgan fingerprint density at radius 2 is 1.31 bits per heavy atom. The number of hydrogen-bond donors (Lipinski definition) is 7. The van der Waals surface area contributed by atoms with Crippen molar-refractivity contribution >= 4 is 111 Å². The maximum atomic E-state index is 11.9. The van der Waals surface area contributed by atoms with Crippen LogP contribution in [0.15, 0.2) is 0 Å². The molecule has 2 radical (unpaired) electrons. The van der Waals surface area contributed by atoms with Gasteiger partial charge >= 0.3 is 7.82 Å². The molecule has 0 saturated carbocycles. The second-order valence-electron chi connectivity index (χ2n) is 6.09. The van der Waals surface area contributed by atoms with Crippen LogP contribution in [0.25, 0.3) is 0 Å². The number of aliphatic hydroxyl groups excluding tert-OH is 5. The van der Waals surface area contributed by atoms with Gasteiger partial charge in [-0.2, -0.15) is 0 Å². The van der Waals surface area contributed by atoms with Gasteiger partial charge in [-0.25, -0.2) is 4.57 Å². The van der Waals surface area contributed by atoms with E-state index >= 15 is 0 Å². The normalized spacial score (nSPS) is 43.2. The molecule has 0 aromatic rings. The molecule has 14 nitrogen and oxygen atoms in total. The van der Waals surface area contributed by atoms with Crippen molar-refractivity contribution in [1.82, 2.24) is 0 Å². The average molecular weight is 498 g/mol. The van der Waals surface area contributed by atoms with Gasteiger partial charge in [0.15, 0.2) is 12.6 Å². The molecule has 162 valence electrons. The first kappa shape index (κ1) is 32.0. The second kappa shape index (κ2) is 13.8. The molecule has 2 heterocycles. The van der Waals surface area contributed by atoms with Crippen molar-refractivity contribution in [2.75, 3.05) is 13.2 Å². The SMILES string of the molecule is O=P(O)(O)OCC1OC(OC2OC(C[O-])C(O)C(O)C2O)C(O)C(O)C1[O-].[K].[K]. The zero-order chi connectivity index (χ0) is 20.5. The van der Waals surface area contributed by atoms with Crippen LogP contribution < -0.4 is 10.2 Å². The van der Waals surface area contributed by atoms with E-state index in [2.05, 4.69) is 4.52 Å². The first-order valence-electron chi connectivity index (χ1n) is 7.77. The van der Waals surface area contributed by atoms with Gasteiger partial charge in [-0.15, -0.1) is 6.61 Å². The molecule has 2 aliphatic rings. The van der Waals surface area contributed by atoms with Gasteiger partial charge < -0.3 is 59.7 Å². The minimum atomic E-state index is -4.95. The number of rotatable bonds is 6. The molecule has 17 heteroatoms. The quantitative estimate of drug-likeness (QED) is 0.133. The van der Waals surface area contributed by atoms with Crippen molar-refractivity contribution in [1.29, 1.82) is 0 Å². The largest absolute Gasteiger partial charge is 0.853 e. The fourth-order valence-electron chi connectivity index (χ4n) is 2.62. The van der Waals surface area contributed by atoms with E-state index < -0.39 is 82.4 Å². The van der Waals surface area contributed by atoms with Crippen molar-refractivity contribution < 1.29 is 68.8 Å². The molecule has 0 aromatic carbocycles. The Balaban J connectivity index is 0.00000392. The van der Waals surface area contributed by atoms with Gasteiger partial charge in [0.05, 0.1) is 24.9 Å². The summed E-state index contributed by atoms with van der Waals surface area (Å²) in [6, 6.07) is 0. The van der Waals surface area contributed by atoms with Gasteiger partial charge in [0.25, 0.3) is 0 Å². The predicted octanol–water partition coefficient (Wildman–Crippen LogP) is -7.31. The number of ether oxygens (including phenoxy) is 3. The zero-order valence-electron chi connectivity index (χ0n) is 15.6. The van der Waals surface area contributed by atoms with Crippen molar-refractivity contribution in [3.05, 3.63) is 0 Å². The summed E-state index contributed by atoms with van der Waals surface area (Å²) < 4.78 is 30.0. The fourth-order valence-corrected chi connectivity index (χ4v) is 2.96. The van der Waals surface area contributed by atoms with Crippen molar-refractivity contribution in [3.8, 4) is 0 Å². The molecule has 2 rings (SSSR count). The van der Waals surface area contributed by atoms with Gasteiger partial charge in [0.2, 0.25) is 0 Å². The topological polar surface area (TPSA) is 242 Å². The Bertz CT molecular complexity index is 537. The smallest absolute Gasteiger partial charge is 0.469 e. The van der Waals surface area contributed by atoms with E-state index in [1.54, 1.807) is 0 Å². The predicted molar refractivity (Wildman–Crippen MR) is 86.6 cm³/mol. The molecule has 10 unspecified atom stereocenters. The van der Waals surface area contributed by atoms with E-state index in [1.807, 2.05) is 0 Å². The van der Waals surface area contributed by atoms with Crippen LogP contribution in [0.4, 0.5) is 0 Å². The van der Waals surface area contributed by atoms with Crippen LogP contribution in [-0.4, -0.2) is 213 Å². The molecule has 2 aliphatic heterocycles. The molecule has 10 atom stereocenters. The van der Waals surface area contributed by atoms with Gasteiger partial charge in [-0.05, 0) is 0 Å². The summed E-state index contributed by atoms with van der Waals surface area (Å²) >= 11 is 0. The van der Waals surface area contributed by atoms with Crippen molar-refractivity contribution in [3.63, 3.8) is 0 Å². The van der Waals surface area contributed by atoms with Crippen LogP contribution in [0.1, 0.15) is 0 Å². The summed E-state index contributed by atoms with van der Waals surface area (Å²) in [4.78, 5) is 17.4. The van der Waals surface area contributed by atoms with Crippen LogP contribution >= 0.6 is 7.82 Å². The summed E-state index contributed by atoms with van der Waals surface area (Å²) in [5.41, 5.74) is 0. The zero-order valence-corrected chi connectivity index (χ0v) is 22.8. The minimum Gasteiger partial charge on any atom is -0.853 e. The third-order valence-corrected chi connectivity index (χ3v) is 4.63.